The average molecular weight is 418 g/mol. The molecule has 1 amide bonds. The summed E-state index contributed by atoms with van der Waals surface area (Å²) in [7, 11) is 3.28. The Morgan fingerprint density at radius 2 is 1.90 bits per heavy atom. The van der Waals surface area contributed by atoms with E-state index in [0.717, 1.165) is 11.1 Å². The van der Waals surface area contributed by atoms with Gasteiger partial charge >= 0.3 is 0 Å². The number of hydrogen-bond acceptors (Lipinski definition) is 5. The number of amides is 1. The Kier molecular flexibility index (Phi) is 6.18. The van der Waals surface area contributed by atoms with Gasteiger partial charge in [0.1, 0.15) is 17.3 Å². The van der Waals surface area contributed by atoms with E-state index < -0.39 is 0 Å². The zero-order valence-electron chi connectivity index (χ0n) is 17.7. The lowest BCUT2D eigenvalue weighted by atomic mass is 9.93. The van der Waals surface area contributed by atoms with Crippen LogP contribution in [0.2, 0.25) is 0 Å². The van der Waals surface area contributed by atoms with Crippen molar-refractivity contribution in [2.75, 3.05) is 26.1 Å². The molecule has 1 aliphatic rings. The summed E-state index contributed by atoms with van der Waals surface area (Å²) in [5, 5.41) is 2.93. The molecule has 6 nitrogen and oxygen atoms in total. The average Bonchev–Trinajstić information content (AvgIpc) is 3.56. The van der Waals surface area contributed by atoms with Gasteiger partial charge in [-0.1, -0.05) is 36.4 Å². The maximum absolute atomic E-state index is 13.0. The molecule has 0 radical (unpaired) electrons. The first kappa shape index (κ1) is 20.9. The third-order valence-electron chi connectivity index (χ3n) is 5.71. The van der Waals surface area contributed by atoms with Gasteiger partial charge in [0.15, 0.2) is 0 Å². The van der Waals surface area contributed by atoms with E-state index in [1.54, 1.807) is 26.5 Å². The summed E-state index contributed by atoms with van der Waals surface area (Å²) >= 11 is 0. The molecule has 0 aliphatic heterocycles. The highest BCUT2D eigenvalue weighted by Gasteiger charge is 2.60. The van der Waals surface area contributed by atoms with Crippen LogP contribution in [0, 0.1) is 5.92 Å². The molecule has 1 saturated carbocycles. The molecule has 1 fully saturated rings. The molecule has 31 heavy (non-hydrogen) atoms. The lowest BCUT2D eigenvalue weighted by Gasteiger charge is -2.20. The monoisotopic (exact) mass is 418 g/mol. The van der Waals surface area contributed by atoms with Gasteiger partial charge in [0, 0.05) is 30.4 Å². The number of ether oxygens (including phenoxy) is 3. The molecular weight excluding hydrogens is 392 g/mol. The van der Waals surface area contributed by atoms with Gasteiger partial charge in [-0.2, -0.15) is 0 Å². The number of aromatic nitrogens is 1. The zero-order chi connectivity index (χ0) is 21.7. The molecule has 1 heterocycles. The van der Waals surface area contributed by atoms with Gasteiger partial charge in [0.2, 0.25) is 5.91 Å². The quantitative estimate of drug-likeness (QED) is 0.564. The number of carbonyl (C=O) groups excluding carboxylic acids is 1. The highest BCUT2D eigenvalue weighted by atomic mass is 16.5. The fourth-order valence-corrected chi connectivity index (χ4v) is 3.93. The maximum Gasteiger partial charge on any atom is 0.229 e. The molecule has 2 aromatic carbocycles. The van der Waals surface area contributed by atoms with Crippen LogP contribution in [0.4, 0.5) is 5.82 Å². The number of anilines is 1. The Morgan fingerprint density at radius 1 is 1.10 bits per heavy atom. The van der Waals surface area contributed by atoms with E-state index >= 15 is 0 Å². The first-order valence-corrected chi connectivity index (χ1v) is 10.2. The zero-order valence-corrected chi connectivity index (χ0v) is 17.7. The van der Waals surface area contributed by atoms with Gasteiger partial charge in [-0.25, -0.2) is 4.98 Å². The van der Waals surface area contributed by atoms with Crippen LogP contribution >= 0.6 is 0 Å². The van der Waals surface area contributed by atoms with E-state index in [1.165, 1.54) is 0 Å². The topological polar surface area (TPSA) is 69.7 Å². The molecule has 1 aliphatic carbocycles. The van der Waals surface area contributed by atoms with Gasteiger partial charge in [-0.05, 0) is 36.2 Å². The van der Waals surface area contributed by atoms with Crippen molar-refractivity contribution in [3.05, 3.63) is 84.1 Å². The molecule has 3 aromatic rings. The van der Waals surface area contributed by atoms with E-state index in [2.05, 4.69) is 22.4 Å². The Morgan fingerprint density at radius 3 is 2.61 bits per heavy atom. The Bertz CT molecular complexity index is 1030. The minimum Gasteiger partial charge on any atom is -0.496 e. The van der Waals surface area contributed by atoms with E-state index in [1.807, 2.05) is 48.5 Å². The molecule has 4 rings (SSSR count). The summed E-state index contributed by atoms with van der Waals surface area (Å²) in [6.45, 7) is 0.858. The van der Waals surface area contributed by atoms with E-state index in [4.69, 9.17) is 14.2 Å². The number of pyridine rings is 1. The van der Waals surface area contributed by atoms with Crippen LogP contribution in [0.5, 0.6) is 11.5 Å². The maximum atomic E-state index is 13.0. The largest absolute Gasteiger partial charge is 0.496 e. The first-order valence-electron chi connectivity index (χ1n) is 10.2. The number of rotatable bonds is 9. The third kappa shape index (κ3) is 4.54. The molecule has 1 aromatic heterocycles. The second-order valence-corrected chi connectivity index (χ2v) is 7.68. The van der Waals surface area contributed by atoms with Gasteiger partial charge in [0.25, 0.3) is 0 Å². The van der Waals surface area contributed by atoms with Crippen LogP contribution in [-0.4, -0.2) is 31.7 Å². The third-order valence-corrected chi connectivity index (χ3v) is 5.71. The molecule has 2 atom stereocenters. The number of benzene rings is 2. The van der Waals surface area contributed by atoms with Crippen LogP contribution in [0.1, 0.15) is 17.5 Å². The van der Waals surface area contributed by atoms with Crippen molar-refractivity contribution in [3.8, 4) is 11.5 Å². The summed E-state index contributed by atoms with van der Waals surface area (Å²) in [4.78, 5) is 17.1. The van der Waals surface area contributed by atoms with Gasteiger partial charge in [-0.15, -0.1) is 0 Å². The smallest absolute Gasteiger partial charge is 0.229 e. The SMILES string of the molecule is COCc1ccc(OCC2(c3ccccc3)CC2C(=O)Nc2ccccn2)cc1OC. The molecule has 0 saturated heterocycles. The van der Waals surface area contributed by atoms with Gasteiger partial charge in [0.05, 0.1) is 26.2 Å². The van der Waals surface area contributed by atoms with Crippen LogP contribution in [0.25, 0.3) is 0 Å². The Balaban J connectivity index is 1.52. The van der Waals surface area contributed by atoms with E-state index in [9.17, 15) is 4.79 Å². The highest BCUT2D eigenvalue weighted by molar-refractivity contribution is 5.95. The lowest BCUT2D eigenvalue weighted by Crippen LogP contribution is -2.26. The summed E-state index contributed by atoms with van der Waals surface area (Å²) in [6, 6.07) is 21.2. The molecule has 0 spiro atoms. The van der Waals surface area contributed by atoms with Crippen molar-refractivity contribution < 1.29 is 19.0 Å². The molecule has 160 valence electrons. The molecule has 2 unspecified atom stereocenters. The van der Waals surface area contributed by atoms with E-state index in [-0.39, 0.29) is 17.2 Å². The second kappa shape index (κ2) is 9.18. The van der Waals surface area contributed by atoms with Crippen LogP contribution in [0.15, 0.2) is 72.9 Å². The number of nitrogens with one attached hydrogen (secondary N) is 1. The highest BCUT2D eigenvalue weighted by Crippen LogP contribution is 2.55. The Hall–Kier alpha value is -3.38. The number of nitrogens with zero attached hydrogens (tertiary/aromatic N) is 1. The van der Waals surface area contributed by atoms with Crippen molar-refractivity contribution in [1.29, 1.82) is 0 Å². The predicted octanol–water partition coefficient (Wildman–Crippen LogP) is 4.21. The minimum absolute atomic E-state index is 0.0424. The normalized spacial score (nSPS) is 19.5. The summed E-state index contributed by atoms with van der Waals surface area (Å²) in [6.07, 6.45) is 2.38. The van der Waals surface area contributed by atoms with Crippen molar-refractivity contribution in [3.63, 3.8) is 0 Å². The number of carbonyl (C=O) groups is 1. The Labute approximate surface area is 182 Å². The molecular formula is C25H26N2O4. The number of hydrogen-bond donors (Lipinski definition) is 1. The second-order valence-electron chi connectivity index (χ2n) is 7.68. The van der Waals surface area contributed by atoms with Crippen molar-refractivity contribution in [2.45, 2.75) is 18.4 Å². The fourth-order valence-electron chi connectivity index (χ4n) is 3.93. The fraction of sp³-hybridized carbons (Fsp3) is 0.280. The van der Waals surface area contributed by atoms with Crippen molar-refractivity contribution >= 4 is 11.7 Å². The van der Waals surface area contributed by atoms with Crippen molar-refractivity contribution in [2.24, 2.45) is 5.92 Å². The minimum atomic E-state index is -0.376. The summed E-state index contributed by atoms with van der Waals surface area (Å²) in [5.41, 5.74) is 1.67. The van der Waals surface area contributed by atoms with Crippen LogP contribution < -0.4 is 14.8 Å². The van der Waals surface area contributed by atoms with Gasteiger partial charge in [-0.3, -0.25) is 4.79 Å². The standard InChI is InChI=1S/C25H26N2O4/c1-29-16-18-11-12-20(14-22(18)30-2)31-17-25(19-8-4-3-5-9-19)15-21(25)24(28)27-23-10-6-7-13-26-23/h3-14,21H,15-17H2,1-2H3,(H,26,27,28). The van der Waals surface area contributed by atoms with Crippen LogP contribution in [0.3, 0.4) is 0 Å². The summed E-state index contributed by atoms with van der Waals surface area (Å²) < 4.78 is 16.9. The number of methoxy groups -OCH3 is 2. The van der Waals surface area contributed by atoms with Crippen molar-refractivity contribution in [1.82, 2.24) is 4.98 Å². The van der Waals surface area contributed by atoms with E-state index in [0.29, 0.717) is 37.0 Å². The molecule has 6 heteroatoms. The molecule has 1 N–H and O–H groups in total. The van der Waals surface area contributed by atoms with Crippen LogP contribution in [-0.2, 0) is 21.6 Å². The first-order chi connectivity index (χ1) is 15.2. The van der Waals surface area contributed by atoms with Gasteiger partial charge < -0.3 is 19.5 Å². The lowest BCUT2D eigenvalue weighted by molar-refractivity contribution is -0.117. The summed E-state index contributed by atoms with van der Waals surface area (Å²) in [5.74, 6) is 1.74. The molecule has 0 bridgehead atoms. The predicted molar refractivity (Wildman–Crippen MR) is 118 cm³/mol.